The lowest BCUT2D eigenvalue weighted by atomic mass is 10.2. The zero-order valence-corrected chi connectivity index (χ0v) is 11.7. The van der Waals surface area contributed by atoms with Gasteiger partial charge in [-0.3, -0.25) is 4.79 Å². The molecule has 0 spiro atoms. The molecule has 6 heteroatoms. The first kappa shape index (κ1) is 13.7. The number of carboxylic acid groups (broad SMARTS) is 1. The Morgan fingerprint density at radius 3 is 2.81 bits per heavy atom. The van der Waals surface area contributed by atoms with Gasteiger partial charge in [0.05, 0.1) is 13.1 Å². The third kappa shape index (κ3) is 3.09. The van der Waals surface area contributed by atoms with E-state index in [9.17, 15) is 9.59 Å². The van der Waals surface area contributed by atoms with Crippen molar-refractivity contribution >= 4 is 12.0 Å². The number of carboxylic acids is 1. The SMILES string of the molecule is O=C(O)CN(C(=O)N1CCOc2ccccc2C1)C1CC1. The molecule has 0 bridgehead atoms. The second-order valence-electron chi connectivity index (χ2n) is 5.41. The lowest BCUT2D eigenvalue weighted by molar-refractivity contribution is -0.137. The zero-order valence-electron chi connectivity index (χ0n) is 11.7. The smallest absolute Gasteiger partial charge is 0.323 e. The molecule has 0 aromatic heterocycles. The van der Waals surface area contributed by atoms with Gasteiger partial charge in [-0.1, -0.05) is 18.2 Å². The summed E-state index contributed by atoms with van der Waals surface area (Å²) in [6, 6.07) is 7.50. The number of ether oxygens (including phenoxy) is 1. The Bertz CT molecular complexity index is 556. The number of fused-ring (bicyclic) bond motifs is 1. The van der Waals surface area contributed by atoms with Gasteiger partial charge in [0.2, 0.25) is 0 Å². The quantitative estimate of drug-likeness (QED) is 0.917. The third-order valence-corrected chi connectivity index (χ3v) is 3.76. The summed E-state index contributed by atoms with van der Waals surface area (Å²) in [5.41, 5.74) is 0.953. The maximum absolute atomic E-state index is 12.6. The summed E-state index contributed by atoms with van der Waals surface area (Å²) < 4.78 is 5.64. The van der Waals surface area contributed by atoms with Crippen molar-refractivity contribution in [2.75, 3.05) is 19.7 Å². The van der Waals surface area contributed by atoms with E-state index in [4.69, 9.17) is 9.84 Å². The molecule has 0 atom stereocenters. The van der Waals surface area contributed by atoms with Crippen LogP contribution < -0.4 is 4.74 Å². The number of hydrogen-bond donors (Lipinski definition) is 1. The molecule has 2 amide bonds. The van der Waals surface area contributed by atoms with Crippen LogP contribution in [0.25, 0.3) is 0 Å². The Morgan fingerprint density at radius 1 is 1.33 bits per heavy atom. The van der Waals surface area contributed by atoms with Gasteiger partial charge < -0.3 is 19.6 Å². The maximum atomic E-state index is 12.6. The summed E-state index contributed by atoms with van der Waals surface area (Å²) in [7, 11) is 0. The average Bonchev–Trinajstić information content (AvgIpc) is 3.29. The summed E-state index contributed by atoms with van der Waals surface area (Å²) >= 11 is 0. The molecule has 3 rings (SSSR count). The first-order chi connectivity index (χ1) is 10.1. The van der Waals surface area contributed by atoms with E-state index >= 15 is 0 Å². The Hall–Kier alpha value is -2.24. The van der Waals surface area contributed by atoms with Crippen molar-refractivity contribution in [2.45, 2.75) is 25.4 Å². The van der Waals surface area contributed by atoms with E-state index in [2.05, 4.69) is 0 Å². The minimum absolute atomic E-state index is 0.0769. The molecule has 112 valence electrons. The molecule has 1 aliphatic heterocycles. The molecule has 1 fully saturated rings. The monoisotopic (exact) mass is 290 g/mol. The molecule has 2 aliphatic rings. The molecule has 1 aromatic rings. The van der Waals surface area contributed by atoms with Crippen molar-refractivity contribution in [1.82, 2.24) is 9.80 Å². The van der Waals surface area contributed by atoms with Gasteiger partial charge in [-0.15, -0.1) is 0 Å². The van der Waals surface area contributed by atoms with Crippen LogP contribution in [0.2, 0.25) is 0 Å². The van der Waals surface area contributed by atoms with E-state index < -0.39 is 5.97 Å². The fourth-order valence-electron chi connectivity index (χ4n) is 2.56. The molecule has 21 heavy (non-hydrogen) atoms. The summed E-state index contributed by atoms with van der Waals surface area (Å²) in [6.07, 6.45) is 1.78. The summed E-state index contributed by atoms with van der Waals surface area (Å²) in [5, 5.41) is 8.98. The van der Waals surface area contributed by atoms with Gasteiger partial charge in [0, 0.05) is 11.6 Å². The Kier molecular flexibility index (Phi) is 3.68. The zero-order chi connectivity index (χ0) is 14.8. The van der Waals surface area contributed by atoms with Crippen LogP contribution in [-0.2, 0) is 11.3 Å². The fourth-order valence-corrected chi connectivity index (χ4v) is 2.56. The van der Waals surface area contributed by atoms with Crippen LogP contribution in [0.15, 0.2) is 24.3 Å². The van der Waals surface area contributed by atoms with E-state index in [0.29, 0.717) is 19.7 Å². The lowest BCUT2D eigenvalue weighted by Gasteiger charge is -2.28. The highest BCUT2D eigenvalue weighted by molar-refractivity contribution is 5.81. The predicted octanol–water partition coefficient (Wildman–Crippen LogP) is 1.55. The van der Waals surface area contributed by atoms with Crippen LogP contribution in [-0.4, -0.2) is 52.6 Å². The molecular weight excluding hydrogens is 272 g/mol. The van der Waals surface area contributed by atoms with Gasteiger partial charge in [0.25, 0.3) is 0 Å². The highest BCUT2D eigenvalue weighted by atomic mass is 16.5. The van der Waals surface area contributed by atoms with Gasteiger partial charge >= 0.3 is 12.0 Å². The first-order valence-corrected chi connectivity index (χ1v) is 7.13. The first-order valence-electron chi connectivity index (χ1n) is 7.13. The number of amides is 2. The van der Waals surface area contributed by atoms with Crippen LogP contribution in [0, 0.1) is 0 Å². The fraction of sp³-hybridized carbons (Fsp3) is 0.467. The normalized spacial score (nSPS) is 17.4. The highest BCUT2D eigenvalue weighted by Gasteiger charge is 2.36. The molecule has 1 aliphatic carbocycles. The summed E-state index contributed by atoms with van der Waals surface area (Å²) in [6.45, 7) is 1.12. The van der Waals surface area contributed by atoms with E-state index in [0.717, 1.165) is 24.2 Å². The van der Waals surface area contributed by atoms with Crippen molar-refractivity contribution in [3.05, 3.63) is 29.8 Å². The second kappa shape index (κ2) is 5.63. The van der Waals surface area contributed by atoms with E-state index in [1.54, 1.807) is 4.90 Å². The minimum atomic E-state index is -0.971. The third-order valence-electron chi connectivity index (χ3n) is 3.76. The lowest BCUT2D eigenvalue weighted by Crippen LogP contribution is -2.46. The Morgan fingerprint density at radius 2 is 2.10 bits per heavy atom. The Labute approximate surface area is 122 Å². The van der Waals surface area contributed by atoms with Gasteiger partial charge in [-0.2, -0.15) is 0 Å². The average molecular weight is 290 g/mol. The minimum Gasteiger partial charge on any atom is -0.491 e. The molecule has 0 saturated heterocycles. The van der Waals surface area contributed by atoms with Crippen molar-refractivity contribution < 1.29 is 19.4 Å². The number of rotatable bonds is 3. The van der Waals surface area contributed by atoms with E-state index in [1.165, 1.54) is 4.90 Å². The standard InChI is InChI=1S/C15H18N2O4/c18-14(19)10-17(12-5-6-12)15(20)16-7-8-21-13-4-2-1-3-11(13)9-16/h1-4,12H,5-10H2,(H,18,19). The molecule has 1 aromatic carbocycles. The maximum Gasteiger partial charge on any atom is 0.323 e. The number of hydrogen-bond acceptors (Lipinski definition) is 3. The van der Waals surface area contributed by atoms with Crippen LogP contribution >= 0.6 is 0 Å². The van der Waals surface area contributed by atoms with Crippen LogP contribution in [0.5, 0.6) is 5.75 Å². The molecular formula is C15H18N2O4. The van der Waals surface area contributed by atoms with Gasteiger partial charge in [0.15, 0.2) is 0 Å². The van der Waals surface area contributed by atoms with Crippen molar-refractivity contribution in [2.24, 2.45) is 0 Å². The number of carbonyl (C=O) groups is 2. The highest BCUT2D eigenvalue weighted by Crippen LogP contribution is 2.29. The summed E-state index contributed by atoms with van der Waals surface area (Å²) in [4.78, 5) is 26.7. The van der Waals surface area contributed by atoms with E-state index in [-0.39, 0.29) is 18.6 Å². The van der Waals surface area contributed by atoms with Crippen LogP contribution in [0.3, 0.4) is 0 Å². The van der Waals surface area contributed by atoms with Gasteiger partial charge in [0.1, 0.15) is 18.9 Å². The number of benzene rings is 1. The molecule has 6 nitrogen and oxygen atoms in total. The molecule has 0 radical (unpaired) electrons. The number of urea groups is 1. The number of para-hydroxylation sites is 1. The largest absolute Gasteiger partial charge is 0.491 e. The van der Waals surface area contributed by atoms with Gasteiger partial charge in [-0.25, -0.2) is 4.79 Å². The van der Waals surface area contributed by atoms with Crippen LogP contribution in [0.1, 0.15) is 18.4 Å². The van der Waals surface area contributed by atoms with E-state index in [1.807, 2.05) is 24.3 Å². The van der Waals surface area contributed by atoms with Crippen molar-refractivity contribution in [1.29, 1.82) is 0 Å². The topological polar surface area (TPSA) is 70.1 Å². The number of aliphatic carboxylic acids is 1. The number of nitrogens with zero attached hydrogens (tertiary/aromatic N) is 2. The van der Waals surface area contributed by atoms with Crippen LogP contribution in [0.4, 0.5) is 4.79 Å². The predicted molar refractivity (Wildman–Crippen MR) is 75.1 cm³/mol. The Balaban J connectivity index is 1.76. The van der Waals surface area contributed by atoms with Gasteiger partial charge in [-0.05, 0) is 18.9 Å². The summed E-state index contributed by atoms with van der Waals surface area (Å²) in [5.74, 6) is -0.175. The number of carbonyl (C=O) groups excluding carboxylic acids is 1. The molecule has 1 saturated carbocycles. The molecule has 1 N–H and O–H groups in total. The van der Waals surface area contributed by atoms with Crippen molar-refractivity contribution in [3.8, 4) is 5.75 Å². The van der Waals surface area contributed by atoms with Crippen molar-refractivity contribution in [3.63, 3.8) is 0 Å². The molecule has 1 heterocycles. The second-order valence-corrected chi connectivity index (χ2v) is 5.41. The molecule has 0 unspecified atom stereocenters.